The second-order valence-corrected chi connectivity index (χ2v) is 12.0. The Hall–Kier alpha value is -4.12. The lowest BCUT2D eigenvalue weighted by atomic mass is 9.85. The number of carboxylic acid groups (broad SMARTS) is 1. The third kappa shape index (κ3) is 7.39. The summed E-state index contributed by atoms with van der Waals surface area (Å²) in [6.45, 7) is 4.04. The highest BCUT2D eigenvalue weighted by atomic mass is 32.2. The summed E-state index contributed by atoms with van der Waals surface area (Å²) in [6.07, 6.45) is 1.27. The van der Waals surface area contributed by atoms with Gasteiger partial charge in [0.1, 0.15) is 6.04 Å². The van der Waals surface area contributed by atoms with Crippen LogP contribution in [0.3, 0.4) is 0 Å². The number of sulfonamides is 1. The Labute approximate surface area is 246 Å². The zero-order valence-corrected chi connectivity index (χ0v) is 24.5. The van der Waals surface area contributed by atoms with E-state index < -0.39 is 39.5 Å². The van der Waals surface area contributed by atoms with E-state index >= 15 is 0 Å². The van der Waals surface area contributed by atoms with Crippen LogP contribution < -0.4 is 15.8 Å². The van der Waals surface area contributed by atoms with Crippen molar-refractivity contribution < 1.29 is 23.1 Å². The number of hydrogen-bond donors (Lipinski definition) is 4. The molecule has 9 nitrogen and oxygen atoms in total. The smallest absolute Gasteiger partial charge is 0.326 e. The van der Waals surface area contributed by atoms with E-state index in [9.17, 15) is 23.1 Å². The molecule has 10 heteroatoms. The van der Waals surface area contributed by atoms with E-state index in [0.29, 0.717) is 11.1 Å². The first-order valence-corrected chi connectivity index (χ1v) is 15.4. The summed E-state index contributed by atoms with van der Waals surface area (Å²) in [5.74, 6) is -1.81. The number of fused-ring (bicyclic) bond motifs is 1. The van der Waals surface area contributed by atoms with Gasteiger partial charge < -0.3 is 16.2 Å². The van der Waals surface area contributed by atoms with Crippen LogP contribution in [0.15, 0.2) is 96.0 Å². The monoisotopic (exact) mass is 588 g/mol. The van der Waals surface area contributed by atoms with Gasteiger partial charge in [-0.2, -0.15) is 0 Å². The van der Waals surface area contributed by atoms with E-state index in [4.69, 9.17) is 5.73 Å². The second-order valence-electron chi connectivity index (χ2n) is 10.4. The van der Waals surface area contributed by atoms with Crippen molar-refractivity contribution in [1.82, 2.24) is 15.0 Å². The molecule has 5 N–H and O–H groups in total. The Kier molecular flexibility index (Phi) is 9.72. The zero-order chi connectivity index (χ0) is 30.3. The summed E-state index contributed by atoms with van der Waals surface area (Å²) in [6, 6.07) is 24.2. The minimum Gasteiger partial charge on any atom is -0.480 e. The highest BCUT2D eigenvalue weighted by Gasteiger charge is 2.28. The largest absolute Gasteiger partial charge is 0.480 e. The summed E-state index contributed by atoms with van der Waals surface area (Å²) in [5, 5.41) is 13.0. The van der Waals surface area contributed by atoms with Gasteiger partial charge in [0.15, 0.2) is 5.03 Å². The lowest BCUT2D eigenvalue weighted by Crippen LogP contribution is -2.44. The molecule has 4 aromatic rings. The number of nitrogens with zero attached hydrogens (tertiary/aromatic N) is 1. The van der Waals surface area contributed by atoms with E-state index in [1.807, 2.05) is 50.2 Å². The number of nitrogens with one attached hydrogen (secondary N) is 2. The van der Waals surface area contributed by atoms with Gasteiger partial charge in [0.25, 0.3) is 10.0 Å². The minimum absolute atomic E-state index is 0.0555. The summed E-state index contributed by atoms with van der Waals surface area (Å²) in [7, 11) is -4.13. The number of aromatic nitrogens is 1. The number of rotatable bonds is 13. The van der Waals surface area contributed by atoms with E-state index in [1.54, 1.807) is 48.5 Å². The maximum atomic E-state index is 13.3. The Morgan fingerprint density at radius 3 is 2.19 bits per heavy atom. The van der Waals surface area contributed by atoms with Crippen LogP contribution in [0.4, 0.5) is 0 Å². The van der Waals surface area contributed by atoms with Crippen molar-refractivity contribution in [2.45, 2.75) is 62.2 Å². The molecule has 2 unspecified atom stereocenters. The lowest BCUT2D eigenvalue weighted by Gasteiger charge is -2.27. The SMILES string of the molecule is CCC(N)(CC)c1ccc(CC(NC(=O)CC(NS(=O)(=O)c2ccc3ccccc3n2)c2ccccc2)C(=O)O)cc1. The molecule has 1 amide bonds. The third-order valence-corrected chi connectivity index (χ3v) is 8.97. The quantitative estimate of drug-likeness (QED) is 0.180. The fourth-order valence-corrected chi connectivity index (χ4v) is 6.04. The van der Waals surface area contributed by atoms with Gasteiger partial charge in [0.05, 0.1) is 11.6 Å². The van der Waals surface area contributed by atoms with Gasteiger partial charge in [-0.15, -0.1) is 0 Å². The predicted molar refractivity (Wildman–Crippen MR) is 162 cm³/mol. The van der Waals surface area contributed by atoms with Gasteiger partial charge in [0, 0.05) is 23.8 Å². The molecule has 0 saturated carbocycles. The minimum atomic E-state index is -4.13. The standard InChI is InChI=1S/C32H36N4O5S/c1-3-32(33,4-2)25-17-14-22(15-18-25)20-28(31(38)39)34-29(37)21-27(23-10-6-5-7-11-23)36-42(40,41)30-19-16-24-12-8-9-13-26(24)35-30/h5-19,27-28,36H,3-4,20-21,33H2,1-2H3,(H,34,37)(H,38,39). The topological polar surface area (TPSA) is 151 Å². The number of aliphatic carboxylic acids is 1. The molecule has 0 aliphatic heterocycles. The molecule has 0 radical (unpaired) electrons. The van der Waals surface area contributed by atoms with Crippen molar-refractivity contribution in [3.63, 3.8) is 0 Å². The first-order chi connectivity index (χ1) is 20.0. The molecule has 1 heterocycles. The molecule has 1 aromatic heterocycles. The average Bonchev–Trinajstić information content (AvgIpc) is 3.00. The van der Waals surface area contributed by atoms with Gasteiger partial charge in [0.2, 0.25) is 5.91 Å². The van der Waals surface area contributed by atoms with Crippen molar-refractivity contribution in [3.05, 3.63) is 108 Å². The van der Waals surface area contributed by atoms with Crippen molar-refractivity contribution in [3.8, 4) is 0 Å². The number of para-hydroxylation sites is 1. The first-order valence-electron chi connectivity index (χ1n) is 13.9. The van der Waals surface area contributed by atoms with Gasteiger partial charge >= 0.3 is 5.97 Å². The molecular weight excluding hydrogens is 552 g/mol. The van der Waals surface area contributed by atoms with Crippen molar-refractivity contribution >= 4 is 32.8 Å². The van der Waals surface area contributed by atoms with Crippen molar-refractivity contribution in [2.75, 3.05) is 0 Å². The van der Waals surface area contributed by atoms with Crippen LogP contribution in [-0.4, -0.2) is 36.4 Å². The first kappa shape index (κ1) is 30.8. The van der Waals surface area contributed by atoms with Gasteiger partial charge in [-0.1, -0.05) is 86.6 Å². The van der Waals surface area contributed by atoms with Crippen LogP contribution in [0.1, 0.15) is 55.8 Å². The Balaban J connectivity index is 1.50. The van der Waals surface area contributed by atoms with Crippen molar-refractivity contribution in [1.29, 1.82) is 0 Å². The fourth-order valence-electron chi connectivity index (χ4n) is 4.86. The van der Waals surface area contributed by atoms with Crippen LogP contribution in [0, 0.1) is 0 Å². The lowest BCUT2D eigenvalue weighted by molar-refractivity contribution is -0.141. The maximum Gasteiger partial charge on any atom is 0.326 e. The Morgan fingerprint density at radius 2 is 1.55 bits per heavy atom. The second kappa shape index (κ2) is 13.2. The number of carbonyl (C=O) groups excluding carboxylic acids is 1. The van der Waals surface area contributed by atoms with E-state index in [2.05, 4.69) is 15.0 Å². The molecule has 0 aliphatic carbocycles. The summed E-state index contributed by atoms with van der Waals surface area (Å²) >= 11 is 0. The van der Waals surface area contributed by atoms with Gasteiger partial charge in [-0.25, -0.2) is 22.9 Å². The van der Waals surface area contributed by atoms with Crippen LogP contribution in [0.2, 0.25) is 0 Å². The van der Waals surface area contributed by atoms with Gasteiger partial charge in [-0.3, -0.25) is 4.79 Å². The summed E-state index contributed by atoms with van der Waals surface area (Å²) < 4.78 is 29.3. The van der Waals surface area contributed by atoms with Crippen LogP contribution in [-0.2, 0) is 31.6 Å². The number of hydrogen-bond acceptors (Lipinski definition) is 6. The normalized spacial score (nSPS) is 13.4. The molecule has 3 aromatic carbocycles. The van der Waals surface area contributed by atoms with Gasteiger partial charge in [-0.05, 0) is 47.7 Å². The summed E-state index contributed by atoms with van der Waals surface area (Å²) in [4.78, 5) is 29.5. The maximum absolute atomic E-state index is 13.3. The molecule has 220 valence electrons. The highest BCUT2D eigenvalue weighted by molar-refractivity contribution is 7.89. The molecular formula is C32H36N4O5S. The molecule has 0 aliphatic rings. The number of pyridine rings is 1. The van der Waals surface area contributed by atoms with E-state index in [1.165, 1.54) is 6.07 Å². The molecule has 2 atom stereocenters. The number of carboxylic acids is 1. The van der Waals surface area contributed by atoms with Crippen LogP contribution in [0.5, 0.6) is 0 Å². The molecule has 4 rings (SSSR count). The van der Waals surface area contributed by atoms with E-state index in [-0.39, 0.29) is 17.9 Å². The van der Waals surface area contributed by atoms with Crippen LogP contribution in [0.25, 0.3) is 10.9 Å². The molecule has 0 spiro atoms. The molecule has 0 bridgehead atoms. The average molecular weight is 589 g/mol. The number of amides is 1. The van der Waals surface area contributed by atoms with E-state index in [0.717, 1.165) is 29.4 Å². The van der Waals surface area contributed by atoms with Crippen LogP contribution >= 0.6 is 0 Å². The Bertz CT molecular complexity index is 1640. The summed E-state index contributed by atoms with van der Waals surface area (Å²) in [5.41, 5.74) is 8.79. The Morgan fingerprint density at radius 1 is 0.905 bits per heavy atom. The highest BCUT2D eigenvalue weighted by Crippen LogP contribution is 2.26. The predicted octanol–water partition coefficient (Wildman–Crippen LogP) is 4.43. The third-order valence-electron chi connectivity index (χ3n) is 7.60. The molecule has 0 fully saturated rings. The van der Waals surface area contributed by atoms with Crippen molar-refractivity contribution in [2.24, 2.45) is 5.73 Å². The molecule has 0 saturated heterocycles. The molecule has 42 heavy (non-hydrogen) atoms. The number of benzene rings is 3. The number of carbonyl (C=O) groups is 2. The number of nitrogens with two attached hydrogens (primary N) is 1. The zero-order valence-electron chi connectivity index (χ0n) is 23.7. The fraction of sp³-hybridized carbons (Fsp3) is 0.281.